The van der Waals surface area contributed by atoms with Gasteiger partial charge in [0.25, 0.3) is 0 Å². The molecule has 1 atom stereocenters. The highest BCUT2D eigenvalue weighted by molar-refractivity contribution is 6.31. The van der Waals surface area contributed by atoms with Gasteiger partial charge >= 0.3 is 12.0 Å². The fourth-order valence-electron chi connectivity index (χ4n) is 5.05. The van der Waals surface area contributed by atoms with Gasteiger partial charge in [-0.15, -0.1) is 0 Å². The molecule has 1 heterocycles. The molecular weight excluding hydrogens is 448 g/mol. The van der Waals surface area contributed by atoms with Gasteiger partial charge in [0.15, 0.2) is 0 Å². The Labute approximate surface area is 206 Å². The van der Waals surface area contributed by atoms with Crippen LogP contribution in [0.15, 0.2) is 54.2 Å². The Kier molecular flexibility index (Phi) is 6.05. The average molecular weight is 481 g/mol. The molecule has 0 aromatic heterocycles. The van der Waals surface area contributed by atoms with Gasteiger partial charge in [0.2, 0.25) is 0 Å². The van der Waals surface area contributed by atoms with Crippen molar-refractivity contribution >= 4 is 29.3 Å². The standard InChI is InChI=1S/C28H33ClN2O3/c1-26(2,3)13-12-18-6-9-20(16-22(18)29)28-15-14-27(4,5)23(28)17-31(25(34)30-28)21-10-7-19(8-11-21)24(32)33/h6-11,16-17H,12-15H2,1-5H3,(H,30,34)(H,32,33)/t28-/m0/s1. The van der Waals surface area contributed by atoms with Crippen LogP contribution >= 0.6 is 11.6 Å². The minimum atomic E-state index is -0.994. The lowest BCUT2D eigenvalue weighted by Gasteiger charge is -2.42. The number of halogens is 1. The van der Waals surface area contributed by atoms with E-state index in [1.54, 1.807) is 17.0 Å². The molecule has 0 spiro atoms. The van der Waals surface area contributed by atoms with Crippen molar-refractivity contribution in [3.63, 3.8) is 0 Å². The van der Waals surface area contributed by atoms with E-state index in [-0.39, 0.29) is 22.4 Å². The molecule has 1 aliphatic heterocycles. The summed E-state index contributed by atoms with van der Waals surface area (Å²) in [5.41, 5.74) is 3.57. The van der Waals surface area contributed by atoms with Crippen molar-refractivity contribution in [3.8, 4) is 0 Å². The zero-order valence-electron chi connectivity index (χ0n) is 20.5. The molecule has 0 radical (unpaired) electrons. The van der Waals surface area contributed by atoms with Gasteiger partial charge < -0.3 is 10.4 Å². The maximum absolute atomic E-state index is 13.3. The number of aryl methyl sites for hydroxylation is 1. The predicted molar refractivity (Wildman–Crippen MR) is 136 cm³/mol. The number of rotatable bonds is 5. The molecule has 1 saturated carbocycles. The number of fused-ring (bicyclic) bond motifs is 1. The molecule has 2 N–H and O–H groups in total. The number of urea groups is 1. The van der Waals surface area contributed by atoms with Crippen LogP contribution in [0.4, 0.5) is 10.5 Å². The third-order valence-corrected chi connectivity index (χ3v) is 7.55. The Bertz CT molecular complexity index is 1160. The minimum Gasteiger partial charge on any atom is -0.478 e. The van der Waals surface area contributed by atoms with Crippen LogP contribution in [0, 0.1) is 10.8 Å². The molecule has 0 saturated heterocycles. The van der Waals surface area contributed by atoms with Crippen molar-refractivity contribution in [3.05, 3.63) is 76.0 Å². The molecule has 2 aliphatic rings. The van der Waals surface area contributed by atoms with E-state index >= 15 is 0 Å². The topological polar surface area (TPSA) is 69.6 Å². The Balaban J connectivity index is 1.72. The summed E-state index contributed by atoms with van der Waals surface area (Å²) in [6, 6.07) is 12.3. The predicted octanol–water partition coefficient (Wildman–Crippen LogP) is 7.15. The third-order valence-electron chi connectivity index (χ3n) is 7.19. The molecule has 1 fully saturated rings. The number of hydrogen-bond acceptors (Lipinski definition) is 2. The van der Waals surface area contributed by atoms with Gasteiger partial charge in [-0.3, -0.25) is 4.90 Å². The van der Waals surface area contributed by atoms with E-state index in [1.807, 2.05) is 12.3 Å². The summed E-state index contributed by atoms with van der Waals surface area (Å²) in [5.74, 6) is -0.994. The largest absolute Gasteiger partial charge is 0.478 e. The molecule has 0 bridgehead atoms. The van der Waals surface area contributed by atoms with Crippen LogP contribution in [0.25, 0.3) is 0 Å². The van der Waals surface area contributed by atoms with Crippen molar-refractivity contribution < 1.29 is 14.7 Å². The lowest BCUT2D eigenvalue weighted by atomic mass is 9.76. The Hall–Kier alpha value is -2.79. The monoisotopic (exact) mass is 480 g/mol. The normalized spacial score (nSPS) is 21.6. The number of carboxylic acids is 1. The Morgan fingerprint density at radius 2 is 1.79 bits per heavy atom. The highest BCUT2D eigenvalue weighted by Crippen LogP contribution is 2.55. The number of aromatic carboxylic acids is 1. The molecule has 4 rings (SSSR count). The molecule has 6 heteroatoms. The van der Waals surface area contributed by atoms with Gasteiger partial charge in [-0.25, -0.2) is 9.59 Å². The first-order chi connectivity index (χ1) is 15.8. The van der Waals surface area contributed by atoms with Gasteiger partial charge in [-0.2, -0.15) is 0 Å². The molecule has 0 unspecified atom stereocenters. The number of carboxylic acid groups (broad SMARTS) is 1. The van der Waals surface area contributed by atoms with Crippen LogP contribution in [0.2, 0.25) is 5.02 Å². The maximum atomic E-state index is 13.3. The van der Waals surface area contributed by atoms with Gasteiger partial charge in [0.1, 0.15) is 0 Å². The number of carbonyl (C=O) groups excluding carboxylic acids is 1. The summed E-state index contributed by atoms with van der Waals surface area (Å²) in [6.07, 6.45) is 5.61. The van der Waals surface area contributed by atoms with E-state index in [4.69, 9.17) is 11.6 Å². The second-order valence-corrected chi connectivity index (χ2v) is 11.8. The van der Waals surface area contributed by atoms with Crippen LogP contribution in [-0.2, 0) is 12.0 Å². The molecule has 34 heavy (non-hydrogen) atoms. The molecular formula is C28H33ClN2O3. The average Bonchev–Trinajstić information content (AvgIpc) is 3.02. The van der Waals surface area contributed by atoms with E-state index in [9.17, 15) is 14.7 Å². The van der Waals surface area contributed by atoms with E-state index in [1.165, 1.54) is 12.1 Å². The summed E-state index contributed by atoms with van der Waals surface area (Å²) in [4.78, 5) is 26.1. The number of carbonyl (C=O) groups is 2. The van der Waals surface area contributed by atoms with E-state index < -0.39 is 11.5 Å². The molecule has 5 nitrogen and oxygen atoms in total. The summed E-state index contributed by atoms with van der Waals surface area (Å²) in [7, 11) is 0. The van der Waals surface area contributed by atoms with Gasteiger partial charge in [0.05, 0.1) is 16.8 Å². The SMILES string of the molecule is CC(C)(C)CCc1ccc([C@@]23CCC(C)(C)C2=CN(c2ccc(C(=O)O)cc2)C(=O)N3)cc1Cl. The fourth-order valence-corrected chi connectivity index (χ4v) is 5.32. The fraction of sp³-hybridized carbons (Fsp3) is 0.429. The van der Waals surface area contributed by atoms with Crippen molar-refractivity contribution in [2.24, 2.45) is 10.8 Å². The molecule has 2 aromatic carbocycles. The maximum Gasteiger partial charge on any atom is 0.335 e. The smallest absolute Gasteiger partial charge is 0.335 e. The highest BCUT2D eigenvalue weighted by Gasteiger charge is 2.53. The third kappa shape index (κ3) is 4.46. The first kappa shape index (κ1) is 24.3. The summed E-state index contributed by atoms with van der Waals surface area (Å²) in [5, 5.41) is 13.2. The quantitative estimate of drug-likeness (QED) is 0.477. The Morgan fingerprint density at radius 3 is 2.38 bits per heavy atom. The highest BCUT2D eigenvalue weighted by atomic mass is 35.5. The Morgan fingerprint density at radius 1 is 1.12 bits per heavy atom. The van der Waals surface area contributed by atoms with Crippen LogP contribution in [0.1, 0.15) is 75.4 Å². The van der Waals surface area contributed by atoms with Crippen molar-refractivity contribution in [2.45, 2.75) is 65.8 Å². The van der Waals surface area contributed by atoms with Crippen molar-refractivity contribution in [1.82, 2.24) is 5.32 Å². The van der Waals surface area contributed by atoms with Gasteiger partial charge in [0, 0.05) is 11.2 Å². The number of nitrogens with one attached hydrogen (secondary N) is 1. The van der Waals surface area contributed by atoms with Crippen molar-refractivity contribution in [2.75, 3.05) is 4.90 Å². The summed E-state index contributed by atoms with van der Waals surface area (Å²) >= 11 is 6.75. The molecule has 180 valence electrons. The number of benzene rings is 2. The number of amides is 2. The van der Waals surface area contributed by atoms with Crippen LogP contribution in [0.5, 0.6) is 0 Å². The molecule has 2 amide bonds. The number of nitrogens with zero attached hydrogens (tertiary/aromatic N) is 1. The molecule has 2 aromatic rings. The van der Waals surface area contributed by atoms with E-state index in [0.717, 1.165) is 47.4 Å². The van der Waals surface area contributed by atoms with Gasteiger partial charge in [-0.05, 0) is 83.5 Å². The van der Waals surface area contributed by atoms with Crippen LogP contribution in [0.3, 0.4) is 0 Å². The van der Waals surface area contributed by atoms with Crippen molar-refractivity contribution in [1.29, 1.82) is 0 Å². The molecule has 1 aliphatic carbocycles. The van der Waals surface area contributed by atoms with Gasteiger partial charge in [-0.1, -0.05) is 58.4 Å². The first-order valence-electron chi connectivity index (χ1n) is 11.8. The summed E-state index contributed by atoms with van der Waals surface area (Å²) in [6.45, 7) is 11.1. The zero-order valence-corrected chi connectivity index (χ0v) is 21.3. The summed E-state index contributed by atoms with van der Waals surface area (Å²) < 4.78 is 0. The van der Waals surface area contributed by atoms with Crippen LogP contribution in [-0.4, -0.2) is 17.1 Å². The number of hydrogen-bond donors (Lipinski definition) is 2. The second kappa shape index (κ2) is 8.46. The second-order valence-electron chi connectivity index (χ2n) is 11.4. The number of anilines is 1. The minimum absolute atomic E-state index is 0.121. The zero-order chi connectivity index (χ0) is 24.9. The van der Waals surface area contributed by atoms with E-state index in [0.29, 0.717) is 5.69 Å². The van der Waals surface area contributed by atoms with Crippen LogP contribution < -0.4 is 10.2 Å². The van der Waals surface area contributed by atoms with E-state index in [2.05, 4.69) is 52.1 Å². The lowest BCUT2D eigenvalue weighted by Crippen LogP contribution is -2.54. The lowest BCUT2D eigenvalue weighted by molar-refractivity contribution is 0.0697. The first-order valence-corrected chi connectivity index (χ1v) is 12.2.